The van der Waals surface area contributed by atoms with Gasteiger partial charge >= 0.3 is 6.18 Å². The minimum atomic E-state index is -4.73. The van der Waals surface area contributed by atoms with Crippen LogP contribution in [-0.4, -0.2) is 10.8 Å². The summed E-state index contributed by atoms with van der Waals surface area (Å²) in [5.74, 6) is -0.957. The van der Waals surface area contributed by atoms with Crippen LogP contribution in [-0.2, 0) is 6.18 Å². The lowest BCUT2D eigenvalue weighted by molar-refractivity contribution is -0.137. The molecule has 1 aromatic heterocycles. The molecule has 0 spiro atoms. The lowest BCUT2D eigenvalue weighted by Gasteiger charge is -2.12. The van der Waals surface area contributed by atoms with Gasteiger partial charge in [0.25, 0.3) is 0 Å². The molecular formula is C9H4Cl2F3NO. The number of alkyl halides is 3. The zero-order valence-electron chi connectivity index (χ0n) is 7.61. The van der Waals surface area contributed by atoms with E-state index in [9.17, 15) is 18.0 Å². The highest BCUT2D eigenvalue weighted by Crippen LogP contribution is 2.36. The largest absolute Gasteiger partial charge is 0.417 e. The van der Waals surface area contributed by atoms with Crippen molar-refractivity contribution >= 4 is 29.0 Å². The van der Waals surface area contributed by atoms with Gasteiger partial charge in [-0.2, -0.15) is 13.2 Å². The number of halogens is 5. The van der Waals surface area contributed by atoms with E-state index in [0.29, 0.717) is 6.07 Å². The van der Waals surface area contributed by atoms with Crippen LogP contribution < -0.4 is 0 Å². The quantitative estimate of drug-likeness (QED) is 0.465. The Morgan fingerprint density at radius 2 is 2.00 bits per heavy atom. The van der Waals surface area contributed by atoms with E-state index in [1.165, 1.54) is 0 Å². The Morgan fingerprint density at radius 1 is 1.44 bits per heavy atom. The Morgan fingerprint density at radius 3 is 2.44 bits per heavy atom. The van der Waals surface area contributed by atoms with Gasteiger partial charge in [0, 0.05) is 0 Å². The lowest BCUT2D eigenvalue weighted by Crippen LogP contribution is -2.13. The maximum Gasteiger partial charge on any atom is 0.417 e. The van der Waals surface area contributed by atoms with Gasteiger partial charge in [0.15, 0.2) is 5.78 Å². The predicted octanol–water partition coefficient (Wildman–Crippen LogP) is 3.78. The molecule has 0 aliphatic rings. The van der Waals surface area contributed by atoms with Crippen molar-refractivity contribution in [2.45, 2.75) is 6.18 Å². The Labute approximate surface area is 98.7 Å². The van der Waals surface area contributed by atoms with Gasteiger partial charge in [0.05, 0.1) is 11.1 Å². The van der Waals surface area contributed by atoms with E-state index in [2.05, 4.69) is 11.6 Å². The first-order valence-electron chi connectivity index (χ1n) is 3.87. The number of hydrogen-bond acceptors (Lipinski definition) is 2. The van der Waals surface area contributed by atoms with Gasteiger partial charge in [0.2, 0.25) is 0 Å². The zero-order chi connectivity index (χ0) is 12.5. The van der Waals surface area contributed by atoms with Crippen LogP contribution in [0.5, 0.6) is 0 Å². The molecule has 1 heterocycles. The third kappa shape index (κ3) is 2.54. The van der Waals surface area contributed by atoms with Gasteiger partial charge < -0.3 is 0 Å². The molecule has 0 aromatic carbocycles. The second kappa shape index (κ2) is 4.43. The molecule has 86 valence electrons. The number of hydrogen-bond donors (Lipinski definition) is 0. The third-order valence-corrected chi connectivity index (χ3v) is 2.15. The predicted molar refractivity (Wildman–Crippen MR) is 53.8 cm³/mol. The maximum atomic E-state index is 12.6. The highest BCUT2D eigenvalue weighted by molar-refractivity contribution is 6.35. The monoisotopic (exact) mass is 269 g/mol. The van der Waals surface area contributed by atoms with Crippen molar-refractivity contribution in [3.8, 4) is 0 Å². The van der Waals surface area contributed by atoms with Gasteiger partial charge in [-0.25, -0.2) is 4.98 Å². The fraction of sp³-hybridized carbons (Fsp3) is 0.111. The molecule has 0 N–H and O–H groups in total. The van der Waals surface area contributed by atoms with E-state index in [0.717, 1.165) is 6.08 Å². The molecule has 0 radical (unpaired) electrons. The normalized spacial score (nSPS) is 11.3. The van der Waals surface area contributed by atoms with Gasteiger partial charge in [-0.05, 0) is 12.1 Å². The minimum Gasteiger partial charge on any atom is -0.289 e. The molecule has 0 saturated heterocycles. The molecule has 0 bridgehead atoms. The van der Waals surface area contributed by atoms with E-state index in [1.54, 1.807) is 0 Å². The van der Waals surface area contributed by atoms with Gasteiger partial charge in [-0.3, -0.25) is 4.79 Å². The molecule has 7 heteroatoms. The summed E-state index contributed by atoms with van der Waals surface area (Å²) in [5.41, 5.74) is -1.96. The number of pyridine rings is 1. The van der Waals surface area contributed by atoms with Crippen molar-refractivity contribution in [3.05, 3.63) is 40.2 Å². The molecule has 1 rings (SSSR count). The lowest BCUT2D eigenvalue weighted by atomic mass is 10.1. The van der Waals surface area contributed by atoms with Crippen LogP contribution in [0.3, 0.4) is 0 Å². The summed E-state index contributed by atoms with van der Waals surface area (Å²) in [6, 6.07) is 0.546. The number of rotatable bonds is 2. The fourth-order valence-electron chi connectivity index (χ4n) is 1.04. The number of carbonyl (C=O) groups is 1. The number of nitrogens with zero attached hydrogens (tertiary/aromatic N) is 1. The van der Waals surface area contributed by atoms with Crippen LogP contribution in [0.2, 0.25) is 10.3 Å². The second-order valence-corrected chi connectivity index (χ2v) is 3.47. The van der Waals surface area contributed by atoms with Crippen LogP contribution in [0, 0.1) is 0 Å². The van der Waals surface area contributed by atoms with Crippen LogP contribution in [0.15, 0.2) is 18.7 Å². The molecule has 0 unspecified atom stereocenters. The second-order valence-electron chi connectivity index (χ2n) is 2.72. The van der Waals surface area contributed by atoms with E-state index >= 15 is 0 Å². The van der Waals surface area contributed by atoms with E-state index < -0.39 is 33.4 Å². The van der Waals surface area contributed by atoms with Crippen molar-refractivity contribution < 1.29 is 18.0 Å². The summed E-state index contributed by atoms with van der Waals surface area (Å²) in [5, 5.41) is -1.03. The average Bonchev–Trinajstić information content (AvgIpc) is 2.14. The van der Waals surface area contributed by atoms with Crippen LogP contribution >= 0.6 is 23.2 Å². The third-order valence-electron chi connectivity index (χ3n) is 1.68. The molecule has 0 aliphatic carbocycles. The summed E-state index contributed by atoms with van der Waals surface area (Å²) >= 11 is 10.8. The maximum absolute atomic E-state index is 12.6. The number of aromatic nitrogens is 1. The van der Waals surface area contributed by atoms with Crippen LogP contribution in [0.4, 0.5) is 13.2 Å². The summed E-state index contributed by atoms with van der Waals surface area (Å²) in [6.07, 6.45) is -4.00. The van der Waals surface area contributed by atoms with E-state index in [1.807, 2.05) is 0 Å². The highest BCUT2D eigenvalue weighted by Gasteiger charge is 2.36. The highest BCUT2D eigenvalue weighted by atomic mass is 35.5. The number of allylic oxidation sites excluding steroid dienone is 1. The summed E-state index contributed by atoms with van der Waals surface area (Å²) in [6.45, 7) is 3.09. The topological polar surface area (TPSA) is 30.0 Å². The van der Waals surface area contributed by atoms with Crippen molar-refractivity contribution in [2.75, 3.05) is 0 Å². The van der Waals surface area contributed by atoms with Gasteiger partial charge in [0.1, 0.15) is 10.3 Å². The molecule has 1 aromatic rings. The molecule has 0 atom stereocenters. The Bertz CT molecular complexity index is 457. The van der Waals surface area contributed by atoms with Crippen LogP contribution in [0.25, 0.3) is 0 Å². The Hall–Kier alpha value is -1.07. The van der Waals surface area contributed by atoms with Crippen molar-refractivity contribution in [3.63, 3.8) is 0 Å². The van der Waals surface area contributed by atoms with E-state index in [4.69, 9.17) is 23.2 Å². The van der Waals surface area contributed by atoms with Crippen molar-refractivity contribution in [1.29, 1.82) is 0 Å². The van der Waals surface area contributed by atoms with E-state index in [-0.39, 0.29) is 0 Å². The van der Waals surface area contributed by atoms with Crippen LogP contribution in [0.1, 0.15) is 15.9 Å². The minimum absolute atomic E-state index is 0.432. The zero-order valence-corrected chi connectivity index (χ0v) is 9.12. The number of ketones is 1. The Balaban J connectivity index is 3.57. The van der Waals surface area contributed by atoms with Gasteiger partial charge in [-0.15, -0.1) is 0 Å². The Kier molecular flexibility index (Phi) is 3.60. The molecular weight excluding hydrogens is 266 g/mol. The first-order valence-corrected chi connectivity index (χ1v) is 4.63. The fourth-order valence-corrected chi connectivity index (χ4v) is 1.57. The summed E-state index contributed by atoms with van der Waals surface area (Å²) in [4.78, 5) is 14.6. The van der Waals surface area contributed by atoms with Crippen molar-refractivity contribution in [1.82, 2.24) is 4.98 Å². The molecule has 0 aliphatic heterocycles. The first kappa shape index (κ1) is 13.0. The molecule has 0 amide bonds. The molecule has 2 nitrogen and oxygen atoms in total. The summed E-state index contributed by atoms with van der Waals surface area (Å²) in [7, 11) is 0. The molecule has 16 heavy (non-hydrogen) atoms. The standard InChI is InChI=1S/C9H4Cl2F3NO/c1-2-5(16)7-4(9(12,13)14)3-6(10)15-8(7)11/h2-3H,1H2. The average molecular weight is 270 g/mol. The van der Waals surface area contributed by atoms with Gasteiger partial charge in [-0.1, -0.05) is 29.8 Å². The molecule has 0 fully saturated rings. The first-order chi connectivity index (χ1) is 7.27. The number of carbonyl (C=O) groups excluding carboxylic acids is 1. The summed E-state index contributed by atoms with van der Waals surface area (Å²) < 4.78 is 37.7. The van der Waals surface area contributed by atoms with Crippen molar-refractivity contribution in [2.24, 2.45) is 0 Å². The SMILES string of the molecule is C=CC(=O)c1c(C(F)(F)F)cc(Cl)nc1Cl. The molecule has 0 saturated carbocycles. The smallest absolute Gasteiger partial charge is 0.289 e.